The molecule has 28 heavy (non-hydrogen) atoms. The third-order valence-electron chi connectivity index (χ3n) is 4.23. The molecule has 0 saturated carbocycles. The van der Waals surface area contributed by atoms with Gasteiger partial charge in [0.1, 0.15) is 11.5 Å². The minimum absolute atomic E-state index is 0.271. The smallest absolute Gasteiger partial charge is 0.120 e. The van der Waals surface area contributed by atoms with Crippen LogP contribution in [0.2, 0.25) is 0 Å². The first-order valence-electron chi connectivity index (χ1n) is 8.79. The Hall–Kier alpha value is -2.50. The van der Waals surface area contributed by atoms with Crippen LogP contribution in [0.3, 0.4) is 0 Å². The topological polar surface area (TPSA) is 32.7 Å². The molecule has 1 aliphatic rings. The van der Waals surface area contributed by atoms with Crippen molar-refractivity contribution in [2.45, 2.75) is 16.7 Å². The molecule has 0 spiro atoms. The summed E-state index contributed by atoms with van der Waals surface area (Å²) in [5.41, 5.74) is 2.31. The summed E-state index contributed by atoms with van der Waals surface area (Å²) in [6, 6.07) is 11.5. The van der Waals surface area contributed by atoms with Crippen molar-refractivity contribution < 1.29 is 9.84 Å². The molecule has 1 heterocycles. The zero-order valence-corrected chi connectivity index (χ0v) is 17.8. The Morgan fingerprint density at radius 2 is 2.00 bits per heavy atom. The monoisotopic (exact) mass is 409 g/mol. The molecule has 0 unspecified atom stereocenters. The highest BCUT2D eigenvalue weighted by molar-refractivity contribution is 8.03. The first-order chi connectivity index (χ1) is 13.5. The molecule has 0 atom stereocenters. The van der Waals surface area contributed by atoms with E-state index in [9.17, 15) is 5.11 Å². The number of fused-ring (bicyclic) bond motifs is 1. The number of aryl methyl sites for hydroxylation is 1. The first kappa shape index (κ1) is 20.2. The maximum Gasteiger partial charge on any atom is 0.120 e. The van der Waals surface area contributed by atoms with E-state index < -0.39 is 0 Å². The number of thioether (sulfide) groups is 2. The predicted molar refractivity (Wildman–Crippen MR) is 121 cm³/mol. The second kappa shape index (κ2) is 9.13. The second-order valence-electron chi connectivity index (χ2n) is 6.26. The lowest BCUT2D eigenvalue weighted by Gasteiger charge is -2.12. The lowest BCUT2D eigenvalue weighted by atomic mass is 10.2. The number of ether oxygens (including phenoxy) is 1. The maximum atomic E-state index is 9.62. The highest BCUT2D eigenvalue weighted by atomic mass is 32.2. The number of hydrogen-bond donors (Lipinski definition) is 1. The molecular weight excluding hydrogens is 386 g/mol. The van der Waals surface area contributed by atoms with Crippen molar-refractivity contribution in [3.8, 4) is 11.5 Å². The van der Waals surface area contributed by atoms with E-state index in [2.05, 4.69) is 36.7 Å². The van der Waals surface area contributed by atoms with E-state index in [1.165, 1.54) is 10.6 Å². The van der Waals surface area contributed by atoms with Crippen molar-refractivity contribution in [3.05, 3.63) is 88.9 Å². The van der Waals surface area contributed by atoms with Crippen molar-refractivity contribution >= 4 is 29.2 Å². The first-order valence-corrected chi connectivity index (χ1v) is 10.4. The Morgan fingerprint density at radius 3 is 2.79 bits per heavy atom. The fourth-order valence-electron chi connectivity index (χ4n) is 2.66. The summed E-state index contributed by atoms with van der Waals surface area (Å²) >= 11 is 3.28. The molecule has 0 radical (unpaired) electrons. The summed E-state index contributed by atoms with van der Waals surface area (Å²) in [5, 5.41) is 10.8. The zero-order valence-electron chi connectivity index (χ0n) is 16.2. The summed E-state index contributed by atoms with van der Waals surface area (Å²) in [5.74, 6) is 1.14. The lowest BCUT2D eigenvalue weighted by Crippen LogP contribution is -2.08. The van der Waals surface area contributed by atoms with Crippen molar-refractivity contribution in [1.29, 1.82) is 0 Å². The third-order valence-corrected chi connectivity index (χ3v) is 6.45. The normalized spacial score (nSPS) is 15.0. The molecule has 1 N–H and O–H groups in total. The summed E-state index contributed by atoms with van der Waals surface area (Å²) < 4.78 is 5.30. The van der Waals surface area contributed by atoms with Gasteiger partial charge in [-0.25, -0.2) is 0 Å². The van der Waals surface area contributed by atoms with Gasteiger partial charge >= 0.3 is 0 Å². The van der Waals surface area contributed by atoms with Crippen LogP contribution in [0.4, 0.5) is 5.69 Å². The average Bonchev–Trinajstić information content (AvgIpc) is 2.99. The molecule has 0 fully saturated rings. The summed E-state index contributed by atoms with van der Waals surface area (Å²) in [4.78, 5) is 5.30. The van der Waals surface area contributed by atoms with E-state index in [0.29, 0.717) is 0 Å². The van der Waals surface area contributed by atoms with Gasteiger partial charge in [0.25, 0.3) is 0 Å². The molecule has 0 bridgehead atoms. The average molecular weight is 410 g/mol. The predicted octanol–water partition coefficient (Wildman–Crippen LogP) is 6.51. The van der Waals surface area contributed by atoms with E-state index in [1.807, 2.05) is 43.4 Å². The number of allylic oxidation sites excluding steroid dienone is 5. The SMILES string of the molecule is C=C(/C=C/C=C/C=C1\Sc2cc(OC)ccc2N1C)Sc1cc(O)ccc1C. The van der Waals surface area contributed by atoms with Crippen LogP contribution in [0.5, 0.6) is 11.5 Å². The third kappa shape index (κ3) is 4.86. The van der Waals surface area contributed by atoms with E-state index in [4.69, 9.17) is 4.74 Å². The van der Waals surface area contributed by atoms with Gasteiger partial charge in [-0.1, -0.05) is 54.4 Å². The number of phenolic OH excluding ortho intramolecular Hbond substituents is 1. The minimum Gasteiger partial charge on any atom is -0.508 e. The maximum absolute atomic E-state index is 9.62. The molecule has 0 aromatic heterocycles. The molecule has 0 aliphatic carbocycles. The quantitative estimate of drug-likeness (QED) is 0.434. The molecule has 3 nitrogen and oxygen atoms in total. The van der Waals surface area contributed by atoms with Crippen LogP contribution in [-0.2, 0) is 0 Å². The van der Waals surface area contributed by atoms with E-state index >= 15 is 0 Å². The Labute approximate surface area is 175 Å². The Kier molecular flexibility index (Phi) is 6.60. The lowest BCUT2D eigenvalue weighted by molar-refractivity contribution is 0.414. The van der Waals surface area contributed by atoms with Crippen molar-refractivity contribution in [2.24, 2.45) is 0 Å². The molecule has 2 aromatic carbocycles. The number of phenols is 1. The second-order valence-corrected chi connectivity index (χ2v) is 8.49. The van der Waals surface area contributed by atoms with Gasteiger partial charge in [-0.3, -0.25) is 0 Å². The Bertz CT molecular complexity index is 977. The fraction of sp³-hybridized carbons (Fsp3) is 0.130. The van der Waals surface area contributed by atoms with Crippen LogP contribution in [0.25, 0.3) is 0 Å². The standard InChI is InChI=1S/C23H23NO2S2/c1-16-10-11-18(25)14-21(16)27-17(2)8-6-5-7-9-23-24(3)20-13-12-19(26-4)15-22(20)28-23/h5-15,25H,2H2,1,3-4H3/b7-5+,8-6+,23-9-. The van der Waals surface area contributed by atoms with Crippen LogP contribution < -0.4 is 9.64 Å². The van der Waals surface area contributed by atoms with Crippen LogP contribution >= 0.6 is 23.5 Å². The fourth-order valence-corrected chi connectivity index (χ4v) is 4.59. The molecule has 144 valence electrons. The van der Waals surface area contributed by atoms with E-state index in [1.54, 1.807) is 42.8 Å². The highest BCUT2D eigenvalue weighted by Gasteiger charge is 2.21. The van der Waals surface area contributed by atoms with E-state index in [-0.39, 0.29) is 5.75 Å². The summed E-state index contributed by atoms with van der Waals surface area (Å²) in [7, 11) is 3.75. The molecule has 3 rings (SSSR count). The van der Waals surface area contributed by atoms with Gasteiger partial charge in [-0.05, 0) is 55.0 Å². The number of benzene rings is 2. The summed E-state index contributed by atoms with van der Waals surface area (Å²) in [6.07, 6.45) is 10.0. The number of hydrogen-bond acceptors (Lipinski definition) is 5. The number of methoxy groups -OCH3 is 1. The van der Waals surface area contributed by atoms with Gasteiger partial charge in [0.15, 0.2) is 0 Å². The zero-order chi connectivity index (χ0) is 20.1. The highest BCUT2D eigenvalue weighted by Crippen LogP contribution is 2.46. The van der Waals surface area contributed by atoms with Gasteiger partial charge in [0.05, 0.1) is 17.8 Å². The van der Waals surface area contributed by atoms with Gasteiger partial charge in [-0.15, -0.1) is 0 Å². The molecular formula is C23H23NO2S2. The minimum atomic E-state index is 0.271. The molecule has 5 heteroatoms. The molecule has 0 amide bonds. The van der Waals surface area contributed by atoms with Crippen molar-refractivity contribution in [1.82, 2.24) is 0 Å². The van der Waals surface area contributed by atoms with Crippen LogP contribution in [0, 0.1) is 6.92 Å². The molecule has 0 saturated heterocycles. The van der Waals surface area contributed by atoms with Gasteiger partial charge in [0, 0.05) is 21.7 Å². The Balaban J connectivity index is 1.59. The number of rotatable bonds is 6. The van der Waals surface area contributed by atoms with Crippen LogP contribution in [-0.4, -0.2) is 19.3 Å². The van der Waals surface area contributed by atoms with Crippen LogP contribution in [0.1, 0.15) is 5.56 Å². The number of aromatic hydroxyl groups is 1. The number of anilines is 1. The largest absolute Gasteiger partial charge is 0.508 e. The molecule has 1 aliphatic heterocycles. The van der Waals surface area contributed by atoms with Gasteiger partial charge in [-0.2, -0.15) is 0 Å². The van der Waals surface area contributed by atoms with E-state index in [0.717, 1.165) is 26.1 Å². The molecule has 2 aromatic rings. The van der Waals surface area contributed by atoms with Gasteiger partial charge in [0.2, 0.25) is 0 Å². The van der Waals surface area contributed by atoms with Crippen LogP contribution in [0.15, 0.2) is 93.1 Å². The summed E-state index contributed by atoms with van der Waals surface area (Å²) in [6.45, 7) is 6.09. The number of nitrogens with zero attached hydrogens (tertiary/aromatic N) is 1. The van der Waals surface area contributed by atoms with Gasteiger partial charge < -0.3 is 14.7 Å². The Morgan fingerprint density at radius 1 is 1.18 bits per heavy atom. The van der Waals surface area contributed by atoms with Crippen molar-refractivity contribution in [3.63, 3.8) is 0 Å². The van der Waals surface area contributed by atoms with Crippen molar-refractivity contribution in [2.75, 3.05) is 19.1 Å².